The molecule has 1 aliphatic rings. The molecular weight excluding hydrogens is 492 g/mol. The van der Waals surface area contributed by atoms with Gasteiger partial charge in [-0.3, -0.25) is 0 Å². The largest absolute Gasteiger partial charge is 0.479 e. The molecule has 0 amide bonds. The lowest BCUT2D eigenvalue weighted by molar-refractivity contribution is -0.196. The molecule has 0 aliphatic carbocycles. The maximum absolute atomic E-state index is 6.61. The molecule has 1 fully saturated rings. The van der Waals surface area contributed by atoms with Crippen molar-refractivity contribution in [2.24, 2.45) is 0 Å². The second-order valence-corrected chi connectivity index (χ2v) is 10.3. The van der Waals surface area contributed by atoms with E-state index in [1.807, 2.05) is 84.9 Å². The van der Waals surface area contributed by atoms with E-state index in [-0.39, 0.29) is 5.44 Å². The number of hydrogen-bond donors (Lipinski definition) is 0. The Hall–Kier alpha value is -3.35. The van der Waals surface area contributed by atoms with Gasteiger partial charge in [0.05, 0.1) is 19.8 Å². The summed E-state index contributed by atoms with van der Waals surface area (Å²) in [6.07, 6.45) is -1.33. The fourth-order valence-electron chi connectivity index (χ4n) is 4.36. The Morgan fingerprint density at radius 2 is 0.974 bits per heavy atom. The average Bonchev–Trinajstić information content (AvgIpc) is 2.97. The standard InChI is InChI=1S/C33H32O4S/c1-25-30(34-22-26-14-6-2-7-15-26)31(35-23-27-16-8-3-9-17-27)32(36-24-28-18-10-4-11-19-28)33(37-25)38-29-20-12-5-13-21-29/h2-21,30-33H,1,22-24H2/t30-,31+,32-,33+/m1/s1. The zero-order chi connectivity index (χ0) is 26.0. The average molecular weight is 525 g/mol. The Balaban J connectivity index is 1.42. The van der Waals surface area contributed by atoms with E-state index in [1.54, 1.807) is 11.8 Å². The van der Waals surface area contributed by atoms with Crippen molar-refractivity contribution in [1.82, 2.24) is 0 Å². The van der Waals surface area contributed by atoms with Crippen LogP contribution >= 0.6 is 11.8 Å². The number of rotatable bonds is 11. The number of benzene rings is 4. The van der Waals surface area contributed by atoms with Crippen molar-refractivity contribution in [3.63, 3.8) is 0 Å². The molecule has 38 heavy (non-hydrogen) atoms. The molecule has 0 spiro atoms. The third kappa shape index (κ3) is 7.15. The summed E-state index contributed by atoms with van der Waals surface area (Å²) in [6.45, 7) is 5.54. The van der Waals surface area contributed by atoms with Gasteiger partial charge >= 0.3 is 0 Å². The van der Waals surface area contributed by atoms with Crippen molar-refractivity contribution in [3.05, 3.63) is 150 Å². The first-order chi connectivity index (χ1) is 18.8. The Bertz CT molecular complexity index is 1250. The van der Waals surface area contributed by atoms with Crippen molar-refractivity contribution in [2.75, 3.05) is 0 Å². The minimum atomic E-state index is -0.493. The first kappa shape index (κ1) is 26.3. The molecule has 4 aromatic rings. The minimum absolute atomic E-state index is 0.356. The smallest absolute Gasteiger partial charge is 0.177 e. The minimum Gasteiger partial charge on any atom is -0.479 e. The van der Waals surface area contributed by atoms with E-state index in [2.05, 4.69) is 43.0 Å². The highest BCUT2D eigenvalue weighted by molar-refractivity contribution is 7.99. The molecule has 0 unspecified atom stereocenters. The van der Waals surface area contributed by atoms with Gasteiger partial charge in [-0.15, -0.1) is 0 Å². The lowest BCUT2D eigenvalue weighted by Gasteiger charge is -2.43. The lowest BCUT2D eigenvalue weighted by atomic mass is 10.0. The highest BCUT2D eigenvalue weighted by Gasteiger charge is 2.46. The third-order valence-corrected chi connectivity index (χ3v) is 7.45. The van der Waals surface area contributed by atoms with E-state index in [1.165, 1.54) is 0 Å². The summed E-state index contributed by atoms with van der Waals surface area (Å²) in [5.74, 6) is 0.548. The first-order valence-corrected chi connectivity index (χ1v) is 13.7. The Labute approximate surface area is 229 Å². The zero-order valence-electron chi connectivity index (χ0n) is 21.2. The van der Waals surface area contributed by atoms with Gasteiger partial charge in [0, 0.05) is 4.90 Å². The molecule has 5 heteroatoms. The summed E-state index contributed by atoms with van der Waals surface area (Å²) in [7, 11) is 0. The molecule has 0 saturated carbocycles. The van der Waals surface area contributed by atoms with Crippen molar-refractivity contribution in [3.8, 4) is 0 Å². The fraction of sp³-hybridized carbons (Fsp3) is 0.212. The van der Waals surface area contributed by atoms with Crippen LogP contribution in [0.4, 0.5) is 0 Å². The van der Waals surface area contributed by atoms with Gasteiger partial charge in [-0.1, -0.05) is 128 Å². The van der Waals surface area contributed by atoms with Crippen LogP contribution in [0.25, 0.3) is 0 Å². The van der Waals surface area contributed by atoms with Gasteiger partial charge in [0.2, 0.25) is 0 Å². The molecule has 194 valence electrons. The molecule has 0 radical (unpaired) electrons. The number of ether oxygens (including phenoxy) is 4. The molecule has 4 atom stereocenters. The SMILES string of the molecule is C=C1O[C@@H](Sc2ccccc2)[C@H](OCc2ccccc2)[C@@H](OCc2ccccc2)[C@@H]1OCc1ccccc1. The first-order valence-electron chi connectivity index (χ1n) is 12.8. The summed E-state index contributed by atoms with van der Waals surface area (Å²) in [5, 5.41) is 0. The molecule has 1 saturated heterocycles. The van der Waals surface area contributed by atoms with Gasteiger partial charge in [0.1, 0.15) is 24.1 Å². The number of thioether (sulfide) groups is 1. The van der Waals surface area contributed by atoms with E-state index >= 15 is 0 Å². The van der Waals surface area contributed by atoms with E-state index < -0.39 is 18.3 Å². The van der Waals surface area contributed by atoms with Crippen LogP contribution in [0.3, 0.4) is 0 Å². The summed E-state index contributed by atoms with van der Waals surface area (Å²) < 4.78 is 26.0. The molecule has 0 bridgehead atoms. The molecule has 4 aromatic carbocycles. The van der Waals surface area contributed by atoms with Crippen molar-refractivity contribution in [2.45, 2.75) is 48.5 Å². The number of hydrogen-bond acceptors (Lipinski definition) is 5. The normalized spacial score (nSPS) is 21.1. The van der Waals surface area contributed by atoms with Crippen LogP contribution < -0.4 is 0 Å². The summed E-state index contributed by atoms with van der Waals surface area (Å²) >= 11 is 1.61. The molecule has 5 rings (SSSR count). The molecule has 4 nitrogen and oxygen atoms in total. The van der Waals surface area contributed by atoms with Gasteiger partial charge in [0.25, 0.3) is 0 Å². The van der Waals surface area contributed by atoms with Gasteiger partial charge in [-0.25, -0.2) is 0 Å². The highest BCUT2D eigenvalue weighted by atomic mass is 32.2. The van der Waals surface area contributed by atoms with Crippen LogP contribution in [-0.4, -0.2) is 23.7 Å². The van der Waals surface area contributed by atoms with Gasteiger partial charge in [-0.05, 0) is 28.8 Å². The van der Waals surface area contributed by atoms with Crippen LogP contribution in [-0.2, 0) is 38.8 Å². The maximum atomic E-state index is 6.61. The Morgan fingerprint density at radius 3 is 1.47 bits per heavy atom. The van der Waals surface area contributed by atoms with Crippen LogP contribution in [0, 0.1) is 0 Å². The quantitative estimate of drug-likeness (QED) is 0.204. The molecular formula is C33H32O4S. The van der Waals surface area contributed by atoms with Gasteiger partial charge in [0.15, 0.2) is 5.44 Å². The topological polar surface area (TPSA) is 36.9 Å². The predicted molar refractivity (Wildman–Crippen MR) is 151 cm³/mol. The van der Waals surface area contributed by atoms with E-state index in [9.17, 15) is 0 Å². The van der Waals surface area contributed by atoms with E-state index in [0.29, 0.717) is 25.6 Å². The predicted octanol–water partition coefficient (Wildman–Crippen LogP) is 7.40. The highest BCUT2D eigenvalue weighted by Crippen LogP contribution is 2.39. The summed E-state index contributed by atoms with van der Waals surface area (Å²) in [6, 6.07) is 40.6. The molecule has 1 aliphatic heterocycles. The lowest BCUT2D eigenvalue weighted by Crippen LogP contribution is -2.53. The van der Waals surface area contributed by atoms with Crippen molar-refractivity contribution in [1.29, 1.82) is 0 Å². The van der Waals surface area contributed by atoms with Crippen molar-refractivity contribution >= 4 is 11.8 Å². The van der Waals surface area contributed by atoms with Crippen LogP contribution in [0.5, 0.6) is 0 Å². The van der Waals surface area contributed by atoms with Crippen molar-refractivity contribution < 1.29 is 18.9 Å². The van der Waals surface area contributed by atoms with Gasteiger partial charge in [-0.2, -0.15) is 0 Å². The third-order valence-electron chi connectivity index (χ3n) is 6.31. The zero-order valence-corrected chi connectivity index (χ0v) is 22.0. The van der Waals surface area contributed by atoms with E-state index in [0.717, 1.165) is 21.6 Å². The summed E-state index contributed by atoms with van der Waals surface area (Å²) in [5.41, 5.74) is 2.89. The maximum Gasteiger partial charge on any atom is 0.177 e. The molecule has 0 N–H and O–H groups in total. The van der Waals surface area contributed by atoms with Crippen LogP contribution in [0.15, 0.2) is 139 Å². The Kier molecular flexibility index (Phi) is 9.29. The van der Waals surface area contributed by atoms with E-state index in [4.69, 9.17) is 18.9 Å². The Morgan fingerprint density at radius 1 is 0.553 bits per heavy atom. The second-order valence-electron chi connectivity index (χ2n) is 9.12. The molecule has 0 aromatic heterocycles. The molecule has 1 heterocycles. The van der Waals surface area contributed by atoms with Gasteiger partial charge < -0.3 is 18.9 Å². The van der Waals surface area contributed by atoms with Crippen LogP contribution in [0.2, 0.25) is 0 Å². The second kappa shape index (κ2) is 13.4. The summed E-state index contributed by atoms with van der Waals surface area (Å²) in [4.78, 5) is 1.09. The fourth-order valence-corrected chi connectivity index (χ4v) is 5.48. The van der Waals surface area contributed by atoms with Crippen LogP contribution in [0.1, 0.15) is 16.7 Å². The monoisotopic (exact) mass is 524 g/mol.